The van der Waals surface area contributed by atoms with Gasteiger partial charge in [0.1, 0.15) is 12.1 Å². The number of aromatic nitrogens is 2. The number of nitrogens with two attached hydrogens (primary N) is 1. The fourth-order valence-electron chi connectivity index (χ4n) is 2.42. The summed E-state index contributed by atoms with van der Waals surface area (Å²) in [5.41, 5.74) is 0.699. The van der Waals surface area contributed by atoms with Gasteiger partial charge in [-0.25, -0.2) is 4.68 Å². The molecule has 0 saturated heterocycles. The van der Waals surface area contributed by atoms with E-state index in [2.05, 4.69) is 5.10 Å². The van der Waals surface area contributed by atoms with Crippen molar-refractivity contribution in [3.8, 4) is 5.69 Å². The first-order valence-electron chi connectivity index (χ1n) is 7.81. The highest BCUT2D eigenvalue weighted by atomic mass is 16.6. The molecule has 3 N–H and O–H groups in total. The molecule has 8 nitrogen and oxygen atoms in total. The van der Waals surface area contributed by atoms with Gasteiger partial charge in [-0.05, 0) is 25.0 Å². The predicted octanol–water partition coefficient (Wildman–Crippen LogP) is 0.963. The van der Waals surface area contributed by atoms with Crippen LogP contribution in [0.1, 0.15) is 42.7 Å². The number of H-pyrrole nitrogens is 1. The van der Waals surface area contributed by atoms with E-state index in [0.717, 1.165) is 6.54 Å². The number of rotatable bonds is 7. The Morgan fingerprint density at radius 1 is 1.33 bits per heavy atom. The molecule has 0 atom stereocenters. The van der Waals surface area contributed by atoms with Crippen molar-refractivity contribution in [3.63, 3.8) is 0 Å². The number of carbonyl (C=O) groups is 1. The van der Waals surface area contributed by atoms with Crippen molar-refractivity contribution in [2.75, 3.05) is 13.1 Å². The lowest BCUT2D eigenvalue weighted by Gasteiger charge is -2.04. The molecule has 0 aliphatic rings. The normalized spacial score (nSPS) is 11.0. The quantitative estimate of drug-likeness (QED) is 0.446. The van der Waals surface area contributed by atoms with E-state index in [9.17, 15) is 19.7 Å². The van der Waals surface area contributed by atoms with E-state index in [1.165, 1.54) is 28.9 Å². The van der Waals surface area contributed by atoms with Crippen molar-refractivity contribution in [2.24, 2.45) is 0 Å². The van der Waals surface area contributed by atoms with E-state index in [4.69, 9.17) is 0 Å². The molecule has 0 bridgehead atoms. The summed E-state index contributed by atoms with van der Waals surface area (Å²) in [5, 5.41) is 15.5. The fourth-order valence-corrected chi connectivity index (χ4v) is 2.42. The molecular formula is C16H21N4O4+. The summed E-state index contributed by atoms with van der Waals surface area (Å²) in [7, 11) is 0. The largest absolute Gasteiger partial charge is 0.340 e. The van der Waals surface area contributed by atoms with Crippen molar-refractivity contribution in [3.05, 3.63) is 56.0 Å². The number of carbonyl (C=O) groups excluding carboxylic acids is 1. The van der Waals surface area contributed by atoms with Crippen LogP contribution in [-0.4, -0.2) is 33.6 Å². The molecule has 0 unspecified atom stereocenters. The molecule has 0 aliphatic heterocycles. The molecule has 2 rings (SSSR count). The first-order valence-corrected chi connectivity index (χ1v) is 7.81. The summed E-state index contributed by atoms with van der Waals surface area (Å²) in [4.78, 5) is 35.3. The zero-order chi connectivity index (χ0) is 17.9. The number of hydrogen-bond acceptors (Lipinski definition) is 4. The van der Waals surface area contributed by atoms with Crippen LogP contribution >= 0.6 is 0 Å². The van der Waals surface area contributed by atoms with Gasteiger partial charge in [0, 0.05) is 12.1 Å². The maximum absolute atomic E-state index is 12.7. The third-order valence-electron chi connectivity index (χ3n) is 3.71. The number of benzene rings is 1. The molecule has 128 valence electrons. The van der Waals surface area contributed by atoms with Gasteiger partial charge in [0.05, 0.1) is 22.8 Å². The smallest absolute Gasteiger partial charge is 0.282 e. The number of nitro groups is 1. The number of likely N-dealkylation sites (N-methyl/N-ethyl adjacent to an activating group) is 1. The zero-order valence-corrected chi connectivity index (χ0v) is 13.9. The molecular weight excluding hydrogens is 312 g/mol. The summed E-state index contributed by atoms with van der Waals surface area (Å²) >= 11 is 0. The van der Waals surface area contributed by atoms with Crippen LogP contribution in [0, 0.1) is 10.1 Å². The van der Waals surface area contributed by atoms with Gasteiger partial charge in [0.25, 0.3) is 11.2 Å². The third kappa shape index (κ3) is 3.43. The maximum atomic E-state index is 12.7. The Morgan fingerprint density at radius 2 is 1.96 bits per heavy atom. The molecule has 0 spiro atoms. The minimum absolute atomic E-state index is 0.0300. The van der Waals surface area contributed by atoms with Gasteiger partial charge in [-0.15, -0.1) is 0 Å². The van der Waals surface area contributed by atoms with Crippen LogP contribution in [0.5, 0.6) is 0 Å². The number of non-ortho nitro benzene ring substituents is 1. The molecule has 1 heterocycles. The Bertz CT molecular complexity index is 802. The van der Waals surface area contributed by atoms with Crippen molar-refractivity contribution < 1.29 is 15.0 Å². The average molecular weight is 333 g/mol. The van der Waals surface area contributed by atoms with Crippen LogP contribution < -0.4 is 10.9 Å². The van der Waals surface area contributed by atoms with Gasteiger partial charge >= 0.3 is 0 Å². The molecule has 0 fully saturated rings. The second-order valence-electron chi connectivity index (χ2n) is 5.79. The summed E-state index contributed by atoms with van der Waals surface area (Å²) in [6, 6.07) is 5.60. The lowest BCUT2D eigenvalue weighted by molar-refractivity contribution is -0.639. The van der Waals surface area contributed by atoms with Gasteiger partial charge < -0.3 is 5.32 Å². The third-order valence-corrected chi connectivity index (χ3v) is 3.71. The Labute approximate surface area is 138 Å². The number of aromatic amines is 1. The fraction of sp³-hybridized carbons (Fsp3) is 0.375. The van der Waals surface area contributed by atoms with Crippen LogP contribution in [0.2, 0.25) is 0 Å². The minimum Gasteiger partial charge on any atom is -0.340 e. The lowest BCUT2D eigenvalue weighted by atomic mass is 10.0. The topological polar surface area (TPSA) is 115 Å². The molecule has 8 heteroatoms. The Morgan fingerprint density at radius 3 is 2.46 bits per heavy atom. The summed E-state index contributed by atoms with van der Waals surface area (Å²) in [6.07, 6.45) is 0. The maximum Gasteiger partial charge on any atom is 0.282 e. The van der Waals surface area contributed by atoms with E-state index in [-0.39, 0.29) is 29.5 Å². The van der Waals surface area contributed by atoms with Gasteiger partial charge in [0.2, 0.25) is 5.78 Å². The van der Waals surface area contributed by atoms with E-state index in [1.54, 1.807) is 0 Å². The number of hydrogen-bond donors (Lipinski definition) is 2. The van der Waals surface area contributed by atoms with E-state index in [1.807, 2.05) is 26.1 Å². The van der Waals surface area contributed by atoms with Crippen molar-refractivity contribution >= 4 is 11.5 Å². The average Bonchev–Trinajstić information content (AvgIpc) is 2.90. The van der Waals surface area contributed by atoms with Crippen LogP contribution in [0.3, 0.4) is 0 Å². The second kappa shape index (κ2) is 7.22. The Balaban J connectivity index is 2.50. The van der Waals surface area contributed by atoms with Crippen LogP contribution in [0.25, 0.3) is 5.69 Å². The summed E-state index contributed by atoms with van der Waals surface area (Å²) in [6.45, 7) is 6.69. The molecule has 0 amide bonds. The number of ketones is 1. The number of Topliss-reactive ketones (excluding diaryl/α,β-unsaturated/α-hetero) is 1. The highest BCUT2D eigenvalue weighted by Crippen LogP contribution is 2.18. The van der Waals surface area contributed by atoms with Crippen LogP contribution in [0.4, 0.5) is 5.69 Å². The lowest BCUT2D eigenvalue weighted by Crippen LogP contribution is -2.85. The molecule has 2 aromatic rings. The van der Waals surface area contributed by atoms with Crippen molar-refractivity contribution in [1.29, 1.82) is 0 Å². The Kier molecular flexibility index (Phi) is 5.30. The molecule has 1 aromatic heterocycles. The van der Waals surface area contributed by atoms with Crippen LogP contribution in [0.15, 0.2) is 29.1 Å². The molecule has 1 aromatic carbocycles. The summed E-state index contributed by atoms with van der Waals surface area (Å²) < 4.78 is 1.26. The first-order chi connectivity index (χ1) is 11.4. The van der Waals surface area contributed by atoms with Gasteiger partial charge in [-0.1, -0.05) is 13.8 Å². The zero-order valence-electron chi connectivity index (χ0n) is 13.9. The first kappa shape index (κ1) is 17.6. The van der Waals surface area contributed by atoms with Crippen molar-refractivity contribution in [2.45, 2.75) is 26.7 Å². The van der Waals surface area contributed by atoms with Crippen LogP contribution in [-0.2, 0) is 0 Å². The summed E-state index contributed by atoms with van der Waals surface area (Å²) in [5.74, 6) is -0.250. The van der Waals surface area contributed by atoms with E-state index < -0.39 is 10.5 Å². The van der Waals surface area contributed by atoms with Gasteiger partial charge in [-0.3, -0.25) is 24.8 Å². The Hall–Kier alpha value is -2.74. The highest BCUT2D eigenvalue weighted by molar-refractivity contribution is 5.97. The molecule has 0 radical (unpaired) electrons. The highest BCUT2D eigenvalue weighted by Gasteiger charge is 2.24. The van der Waals surface area contributed by atoms with Gasteiger partial charge in [-0.2, -0.15) is 0 Å². The van der Waals surface area contributed by atoms with Gasteiger partial charge in [0.15, 0.2) is 0 Å². The van der Waals surface area contributed by atoms with Crippen molar-refractivity contribution in [1.82, 2.24) is 9.78 Å². The molecule has 0 saturated carbocycles. The minimum atomic E-state index is -0.504. The number of quaternary nitrogens is 1. The number of nitrogens with one attached hydrogen (secondary N) is 1. The standard InChI is InChI=1S/C16H20N4O4/c1-4-17-9-13(21)14-15(10(2)3)18-19(16(14)22)11-5-7-12(8-6-11)20(23)24/h5-8,10,17-18H,4,9H2,1-3H3/p+1. The monoisotopic (exact) mass is 333 g/mol. The number of nitro benzene ring substituents is 1. The molecule has 0 aliphatic carbocycles. The molecule has 24 heavy (non-hydrogen) atoms. The number of nitrogens with zero attached hydrogens (tertiary/aromatic N) is 2. The predicted molar refractivity (Wildman–Crippen MR) is 88.8 cm³/mol. The van der Waals surface area contributed by atoms with E-state index in [0.29, 0.717) is 11.4 Å². The van der Waals surface area contributed by atoms with E-state index >= 15 is 0 Å². The SMILES string of the molecule is CC[NH2+]CC(=O)c1c(C(C)C)[nH]n(-c2ccc([N+](=O)[O-])cc2)c1=O. The second-order valence-corrected chi connectivity index (χ2v) is 5.79.